The van der Waals surface area contributed by atoms with Crippen molar-refractivity contribution in [2.24, 2.45) is 5.92 Å². The summed E-state index contributed by atoms with van der Waals surface area (Å²) in [7, 11) is 0. The minimum Gasteiger partial charge on any atom is -0.468 e. The Morgan fingerprint density at radius 1 is 1.32 bits per heavy atom. The molecule has 1 aromatic heterocycles. The van der Waals surface area contributed by atoms with E-state index in [1.165, 1.54) is 18.4 Å². The zero-order chi connectivity index (χ0) is 14.1. The van der Waals surface area contributed by atoms with Gasteiger partial charge in [-0.15, -0.1) is 0 Å². The maximum atomic E-state index is 5.65. The monoisotopic (exact) mass is 266 g/mol. The van der Waals surface area contributed by atoms with Crippen molar-refractivity contribution in [3.8, 4) is 0 Å². The molecule has 0 saturated heterocycles. The topological polar surface area (TPSA) is 28.4 Å². The molecule has 0 aliphatic carbocycles. The summed E-state index contributed by atoms with van der Waals surface area (Å²) in [6.45, 7) is 14.1. The molecule has 110 valence electrons. The molecule has 1 N–H and O–H groups in total. The molecule has 0 spiro atoms. The predicted octanol–water partition coefficient (Wildman–Crippen LogP) is 3.65. The maximum Gasteiger partial charge on any atom is 0.122 e. The highest BCUT2D eigenvalue weighted by atomic mass is 16.3. The molecule has 0 aliphatic heterocycles. The van der Waals surface area contributed by atoms with Crippen LogP contribution in [-0.4, -0.2) is 24.5 Å². The first-order valence-electron chi connectivity index (χ1n) is 7.65. The molecule has 0 radical (unpaired) electrons. The second kappa shape index (κ2) is 9.16. The molecule has 3 heteroatoms. The van der Waals surface area contributed by atoms with Crippen LogP contribution >= 0.6 is 0 Å². The third-order valence-corrected chi connectivity index (χ3v) is 3.35. The Bertz CT molecular complexity index is 333. The first-order valence-corrected chi connectivity index (χ1v) is 7.65. The van der Waals surface area contributed by atoms with E-state index in [1.807, 2.05) is 6.26 Å². The minimum atomic E-state index is 0.687. The minimum absolute atomic E-state index is 0.687. The second-order valence-corrected chi connectivity index (χ2v) is 5.62. The Labute approximate surface area is 118 Å². The number of nitrogens with one attached hydrogen (secondary N) is 1. The van der Waals surface area contributed by atoms with E-state index >= 15 is 0 Å². The van der Waals surface area contributed by atoms with Gasteiger partial charge in [0, 0.05) is 12.1 Å². The van der Waals surface area contributed by atoms with E-state index in [2.05, 4.69) is 44.0 Å². The predicted molar refractivity (Wildman–Crippen MR) is 81.1 cm³/mol. The molecule has 1 aromatic rings. The van der Waals surface area contributed by atoms with Gasteiger partial charge in [0.05, 0.1) is 12.8 Å². The number of hydrogen-bond acceptors (Lipinski definition) is 3. The van der Waals surface area contributed by atoms with E-state index in [0.717, 1.165) is 38.5 Å². The molecule has 0 saturated carbocycles. The Morgan fingerprint density at radius 3 is 2.74 bits per heavy atom. The van der Waals surface area contributed by atoms with Crippen molar-refractivity contribution in [1.29, 1.82) is 0 Å². The van der Waals surface area contributed by atoms with Crippen molar-refractivity contribution in [3.05, 3.63) is 23.7 Å². The maximum absolute atomic E-state index is 5.65. The highest BCUT2D eigenvalue weighted by Crippen LogP contribution is 2.14. The van der Waals surface area contributed by atoms with Crippen LogP contribution in [0.25, 0.3) is 0 Å². The largest absolute Gasteiger partial charge is 0.468 e. The van der Waals surface area contributed by atoms with E-state index in [4.69, 9.17) is 4.42 Å². The van der Waals surface area contributed by atoms with Crippen LogP contribution in [-0.2, 0) is 13.1 Å². The van der Waals surface area contributed by atoms with Gasteiger partial charge in [0.25, 0.3) is 0 Å². The van der Waals surface area contributed by atoms with Gasteiger partial charge in [-0.1, -0.05) is 34.1 Å². The highest BCUT2D eigenvalue weighted by molar-refractivity contribution is 5.16. The first-order chi connectivity index (χ1) is 9.17. The fraction of sp³-hybridized carbons (Fsp3) is 0.750. The molecule has 0 aliphatic rings. The second-order valence-electron chi connectivity index (χ2n) is 5.62. The third kappa shape index (κ3) is 6.26. The molecule has 1 rings (SSSR count). The van der Waals surface area contributed by atoms with E-state index in [-0.39, 0.29) is 0 Å². The summed E-state index contributed by atoms with van der Waals surface area (Å²) in [6, 6.07) is 2.09. The van der Waals surface area contributed by atoms with Gasteiger partial charge >= 0.3 is 0 Å². The molecular formula is C16H30N2O. The van der Waals surface area contributed by atoms with Gasteiger partial charge in [-0.3, -0.25) is 4.90 Å². The summed E-state index contributed by atoms with van der Waals surface area (Å²) in [5.74, 6) is 1.81. The van der Waals surface area contributed by atoms with Crippen molar-refractivity contribution in [2.75, 3.05) is 19.6 Å². The van der Waals surface area contributed by atoms with Gasteiger partial charge in [-0.05, 0) is 38.0 Å². The lowest BCUT2D eigenvalue weighted by molar-refractivity contribution is 0.250. The number of hydrogen-bond donors (Lipinski definition) is 1. The van der Waals surface area contributed by atoms with Crippen LogP contribution in [0, 0.1) is 5.92 Å². The summed E-state index contributed by atoms with van der Waals surface area (Å²) in [5.41, 5.74) is 1.30. The van der Waals surface area contributed by atoms with E-state index < -0.39 is 0 Å². The van der Waals surface area contributed by atoms with E-state index in [9.17, 15) is 0 Å². The molecule has 0 unspecified atom stereocenters. The van der Waals surface area contributed by atoms with Crippen LogP contribution in [0.5, 0.6) is 0 Å². The quantitative estimate of drug-likeness (QED) is 0.701. The van der Waals surface area contributed by atoms with Gasteiger partial charge in [0.15, 0.2) is 0 Å². The molecule has 0 atom stereocenters. The van der Waals surface area contributed by atoms with Crippen LogP contribution in [0.3, 0.4) is 0 Å². The van der Waals surface area contributed by atoms with Crippen LogP contribution in [0.1, 0.15) is 51.9 Å². The molecular weight excluding hydrogens is 236 g/mol. The highest BCUT2D eigenvalue weighted by Gasteiger charge is 2.10. The van der Waals surface area contributed by atoms with E-state index in [0.29, 0.717) is 5.92 Å². The van der Waals surface area contributed by atoms with E-state index in [1.54, 1.807) is 0 Å². The summed E-state index contributed by atoms with van der Waals surface area (Å²) >= 11 is 0. The zero-order valence-corrected chi connectivity index (χ0v) is 13.0. The first kappa shape index (κ1) is 16.3. The number of unbranched alkanes of at least 4 members (excludes halogenated alkanes) is 1. The molecule has 19 heavy (non-hydrogen) atoms. The van der Waals surface area contributed by atoms with Crippen molar-refractivity contribution in [1.82, 2.24) is 10.2 Å². The van der Waals surface area contributed by atoms with Gasteiger partial charge in [0.1, 0.15) is 5.76 Å². The lowest BCUT2D eigenvalue weighted by atomic mass is 10.2. The Hall–Kier alpha value is -0.800. The van der Waals surface area contributed by atoms with Crippen molar-refractivity contribution in [3.63, 3.8) is 0 Å². The Morgan fingerprint density at radius 2 is 2.11 bits per heavy atom. The average molecular weight is 266 g/mol. The van der Waals surface area contributed by atoms with Crippen LogP contribution in [0.4, 0.5) is 0 Å². The smallest absolute Gasteiger partial charge is 0.122 e. The molecule has 0 aromatic carbocycles. The lowest BCUT2D eigenvalue weighted by Gasteiger charge is -2.19. The third-order valence-electron chi connectivity index (χ3n) is 3.35. The number of nitrogens with zero attached hydrogens (tertiary/aromatic N) is 1. The van der Waals surface area contributed by atoms with Gasteiger partial charge in [-0.2, -0.15) is 0 Å². The zero-order valence-electron chi connectivity index (χ0n) is 13.0. The summed E-state index contributed by atoms with van der Waals surface area (Å²) < 4.78 is 5.65. The Balaban J connectivity index is 2.46. The molecule has 0 amide bonds. The average Bonchev–Trinajstić information content (AvgIpc) is 2.81. The summed E-state index contributed by atoms with van der Waals surface area (Å²) in [5, 5.41) is 3.48. The fourth-order valence-electron chi connectivity index (χ4n) is 2.09. The number of rotatable bonds is 10. The van der Waals surface area contributed by atoms with Gasteiger partial charge in [0.2, 0.25) is 0 Å². The normalized spacial score (nSPS) is 11.7. The standard InChI is InChI=1S/C16H30N2O/c1-5-7-9-18(6-2)13-16-15(8-10-19-16)12-17-11-14(3)4/h8,10,14,17H,5-7,9,11-13H2,1-4H3. The fourth-order valence-corrected chi connectivity index (χ4v) is 2.09. The van der Waals surface area contributed by atoms with Crippen molar-refractivity contribution < 1.29 is 4.42 Å². The SMILES string of the molecule is CCCCN(CC)Cc1occc1CNCC(C)C. The summed E-state index contributed by atoms with van der Waals surface area (Å²) in [4.78, 5) is 2.45. The lowest BCUT2D eigenvalue weighted by Crippen LogP contribution is -2.25. The summed E-state index contributed by atoms with van der Waals surface area (Å²) in [6.07, 6.45) is 4.32. The molecule has 0 fully saturated rings. The van der Waals surface area contributed by atoms with Crippen LogP contribution < -0.4 is 5.32 Å². The van der Waals surface area contributed by atoms with Crippen LogP contribution in [0.15, 0.2) is 16.7 Å². The molecule has 3 nitrogen and oxygen atoms in total. The van der Waals surface area contributed by atoms with Gasteiger partial charge in [-0.25, -0.2) is 0 Å². The molecule has 1 heterocycles. The molecule has 0 bridgehead atoms. The van der Waals surface area contributed by atoms with Crippen LogP contribution in [0.2, 0.25) is 0 Å². The van der Waals surface area contributed by atoms with Crippen molar-refractivity contribution >= 4 is 0 Å². The number of furan rings is 1. The van der Waals surface area contributed by atoms with Gasteiger partial charge < -0.3 is 9.73 Å². The Kier molecular flexibility index (Phi) is 7.84. The van der Waals surface area contributed by atoms with Crippen molar-refractivity contribution in [2.45, 2.75) is 53.6 Å².